The van der Waals surface area contributed by atoms with Gasteiger partial charge in [-0.25, -0.2) is 0 Å². The van der Waals surface area contributed by atoms with Crippen molar-refractivity contribution in [1.29, 1.82) is 0 Å². The topological polar surface area (TPSA) is 95.9 Å². The van der Waals surface area contributed by atoms with E-state index in [0.717, 1.165) is 38.5 Å². The predicted molar refractivity (Wildman–Crippen MR) is 347 cm³/mol. The Morgan fingerprint density at radius 1 is 0.342 bits per heavy atom. The first-order valence-corrected chi connectivity index (χ1v) is 36.5. The fourth-order valence-corrected chi connectivity index (χ4v) is 11.8. The van der Waals surface area contributed by atoms with Gasteiger partial charge in [-0.2, -0.15) is 0 Å². The van der Waals surface area contributed by atoms with Crippen LogP contribution in [0.5, 0.6) is 0 Å². The summed E-state index contributed by atoms with van der Waals surface area (Å²) in [6, 6.07) is -0.626. The van der Waals surface area contributed by atoms with Crippen LogP contribution >= 0.6 is 0 Å². The number of rotatable bonds is 69. The van der Waals surface area contributed by atoms with Crippen molar-refractivity contribution >= 4 is 11.9 Å². The molecule has 0 spiro atoms. The second-order valence-corrected chi connectivity index (χ2v) is 25.3. The number of unbranched alkanes of at least 4 members (excludes halogenated alkanes) is 58. The molecule has 0 aromatic heterocycles. The summed E-state index contributed by atoms with van der Waals surface area (Å²) in [6.07, 6.45) is 85.8. The van der Waals surface area contributed by atoms with Crippen molar-refractivity contribution in [1.82, 2.24) is 5.32 Å². The molecule has 0 rings (SSSR count). The van der Waals surface area contributed by atoms with Crippen LogP contribution in [0.15, 0.2) is 12.2 Å². The lowest BCUT2D eigenvalue weighted by molar-refractivity contribution is -0.143. The van der Waals surface area contributed by atoms with Gasteiger partial charge in [0.25, 0.3) is 0 Å². The maximum absolute atomic E-state index is 12.5. The Hall–Kier alpha value is -1.40. The molecule has 0 saturated carbocycles. The van der Waals surface area contributed by atoms with E-state index >= 15 is 0 Å². The van der Waals surface area contributed by atoms with Crippen LogP contribution in [0.3, 0.4) is 0 Å². The monoisotopic (exact) mass is 1110 g/mol. The summed E-state index contributed by atoms with van der Waals surface area (Å²) in [4.78, 5) is 24.6. The highest BCUT2D eigenvalue weighted by Crippen LogP contribution is 2.19. The van der Waals surface area contributed by atoms with Crippen LogP contribution in [0.1, 0.15) is 418 Å². The normalized spacial score (nSPS) is 12.5. The molecule has 0 radical (unpaired) electrons. The molecule has 0 aliphatic rings. The van der Waals surface area contributed by atoms with E-state index in [9.17, 15) is 19.8 Å². The first-order chi connectivity index (χ1) is 39.0. The molecule has 79 heavy (non-hydrogen) atoms. The third-order valence-electron chi connectivity index (χ3n) is 17.3. The van der Waals surface area contributed by atoms with Gasteiger partial charge in [0.1, 0.15) is 0 Å². The highest BCUT2D eigenvalue weighted by atomic mass is 16.5. The molecular formula is C73H143NO5. The van der Waals surface area contributed by atoms with Gasteiger partial charge in [0.2, 0.25) is 5.91 Å². The molecule has 2 atom stereocenters. The number of amides is 1. The van der Waals surface area contributed by atoms with Gasteiger partial charge in [0.15, 0.2) is 0 Å². The Balaban J connectivity index is 3.35. The molecule has 1 amide bonds. The van der Waals surface area contributed by atoms with Crippen LogP contribution in [0.4, 0.5) is 0 Å². The van der Waals surface area contributed by atoms with E-state index in [1.165, 1.54) is 353 Å². The van der Waals surface area contributed by atoms with Gasteiger partial charge >= 0.3 is 5.97 Å². The summed E-state index contributed by atoms with van der Waals surface area (Å²) in [5.41, 5.74) is 0. The average molecular weight is 1110 g/mol. The number of hydrogen-bond donors (Lipinski definition) is 3. The molecule has 0 saturated heterocycles. The summed E-state index contributed by atoms with van der Waals surface area (Å²) in [5.74, 6) is -0.0392. The maximum Gasteiger partial charge on any atom is 0.305 e. The standard InChI is InChI=1S/C73H143NO5/c1-3-5-7-9-11-13-15-17-19-21-33-37-41-45-49-53-57-61-65-71(76)70(69-75)74-72(77)66-62-58-54-50-46-42-38-34-31-29-27-25-23-24-26-28-30-32-36-40-44-48-52-56-60-64-68-79-73(78)67-63-59-55-51-47-43-39-35-22-20-18-16-14-12-10-8-6-4-2/h61,65,70-71,75-76H,3-60,62-64,66-69H2,1-2H3,(H,74,77)/b65-61+. The molecule has 0 bridgehead atoms. The zero-order valence-corrected chi connectivity index (χ0v) is 53.9. The molecular weight excluding hydrogens is 971 g/mol. The van der Waals surface area contributed by atoms with Crippen LogP contribution in [0.2, 0.25) is 0 Å². The Labute approximate surface area is 495 Å². The summed E-state index contributed by atoms with van der Waals surface area (Å²) in [6.45, 7) is 4.96. The minimum absolute atomic E-state index is 0.0224. The number of ether oxygens (including phenoxy) is 1. The number of nitrogens with one attached hydrogen (secondary N) is 1. The van der Waals surface area contributed by atoms with Crippen molar-refractivity contribution in [2.45, 2.75) is 431 Å². The Kier molecular flexibility index (Phi) is 67.9. The third-order valence-corrected chi connectivity index (χ3v) is 17.3. The van der Waals surface area contributed by atoms with Gasteiger partial charge in [-0.1, -0.05) is 386 Å². The molecule has 0 aromatic rings. The van der Waals surface area contributed by atoms with E-state index in [1.54, 1.807) is 6.08 Å². The predicted octanol–water partition coefficient (Wildman–Crippen LogP) is 23.5. The number of allylic oxidation sites excluding steroid dienone is 1. The van der Waals surface area contributed by atoms with Crippen LogP contribution in [0, 0.1) is 0 Å². The SMILES string of the molecule is CCCCCCCCCCCCCCCCCC/C=C/C(O)C(CO)NC(=O)CCCCCCCCCCCCCCCCCCCCCCCCCCCCOC(=O)CCCCCCCCCCCCCCCCCCCC. The van der Waals surface area contributed by atoms with E-state index in [-0.39, 0.29) is 18.5 Å². The van der Waals surface area contributed by atoms with E-state index in [2.05, 4.69) is 19.2 Å². The first-order valence-electron chi connectivity index (χ1n) is 36.5. The number of aliphatic hydroxyl groups is 2. The molecule has 6 heteroatoms. The first kappa shape index (κ1) is 77.6. The van der Waals surface area contributed by atoms with Gasteiger partial charge < -0.3 is 20.3 Å². The molecule has 6 nitrogen and oxygen atoms in total. The van der Waals surface area contributed by atoms with Crippen LogP contribution in [-0.2, 0) is 14.3 Å². The summed E-state index contributed by atoms with van der Waals surface area (Å²) in [5, 5.41) is 23.2. The van der Waals surface area contributed by atoms with E-state index in [1.807, 2.05) is 6.08 Å². The van der Waals surface area contributed by atoms with Crippen molar-refractivity contribution in [2.24, 2.45) is 0 Å². The second kappa shape index (κ2) is 69.1. The van der Waals surface area contributed by atoms with E-state index < -0.39 is 12.1 Å². The summed E-state index contributed by atoms with van der Waals surface area (Å²) in [7, 11) is 0. The molecule has 3 N–H and O–H groups in total. The van der Waals surface area contributed by atoms with Crippen LogP contribution in [0.25, 0.3) is 0 Å². The van der Waals surface area contributed by atoms with E-state index in [4.69, 9.17) is 4.74 Å². The molecule has 0 aromatic carbocycles. The zero-order valence-electron chi connectivity index (χ0n) is 53.9. The second-order valence-electron chi connectivity index (χ2n) is 25.3. The van der Waals surface area contributed by atoms with Crippen LogP contribution < -0.4 is 5.32 Å². The molecule has 0 heterocycles. The maximum atomic E-state index is 12.5. The Bertz CT molecular complexity index is 1190. The molecule has 2 unspecified atom stereocenters. The molecule has 0 aliphatic carbocycles. The van der Waals surface area contributed by atoms with Gasteiger partial charge in [0.05, 0.1) is 25.4 Å². The van der Waals surface area contributed by atoms with Crippen molar-refractivity contribution in [3.8, 4) is 0 Å². The van der Waals surface area contributed by atoms with Gasteiger partial charge in [-0.15, -0.1) is 0 Å². The highest BCUT2D eigenvalue weighted by molar-refractivity contribution is 5.76. The van der Waals surface area contributed by atoms with Gasteiger partial charge in [0, 0.05) is 12.8 Å². The molecule has 0 aliphatic heterocycles. The number of aliphatic hydroxyl groups excluding tert-OH is 2. The third kappa shape index (κ3) is 65.6. The summed E-state index contributed by atoms with van der Waals surface area (Å²) >= 11 is 0. The highest BCUT2D eigenvalue weighted by Gasteiger charge is 2.18. The van der Waals surface area contributed by atoms with Crippen molar-refractivity contribution in [2.75, 3.05) is 13.2 Å². The lowest BCUT2D eigenvalue weighted by Crippen LogP contribution is -2.45. The molecule has 470 valence electrons. The van der Waals surface area contributed by atoms with Crippen molar-refractivity contribution in [3.63, 3.8) is 0 Å². The van der Waals surface area contributed by atoms with Gasteiger partial charge in [-0.05, 0) is 32.1 Å². The quantitative estimate of drug-likeness (QED) is 0.0320. The smallest absolute Gasteiger partial charge is 0.305 e. The fraction of sp³-hybridized carbons (Fsp3) is 0.945. The van der Waals surface area contributed by atoms with Crippen LogP contribution in [-0.4, -0.2) is 47.4 Å². The number of carbonyl (C=O) groups is 2. The molecule has 0 fully saturated rings. The average Bonchev–Trinajstić information content (AvgIpc) is 3.45. The van der Waals surface area contributed by atoms with Crippen molar-refractivity contribution < 1.29 is 24.5 Å². The Morgan fingerprint density at radius 2 is 0.582 bits per heavy atom. The number of hydrogen-bond acceptors (Lipinski definition) is 5. The lowest BCUT2D eigenvalue weighted by Gasteiger charge is -2.20. The van der Waals surface area contributed by atoms with E-state index in [0.29, 0.717) is 19.4 Å². The number of carbonyl (C=O) groups excluding carboxylic acids is 2. The minimum atomic E-state index is -0.843. The largest absolute Gasteiger partial charge is 0.466 e. The van der Waals surface area contributed by atoms with Gasteiger partial charge in [-0.3, -0.25) is 9.59 Å². The summed E-state index contributed by atoms with van der Waals surface area (Å²) < 4.78 is 5.51. The lowest BCUT2D eigenvalue weighted by atomic mass is 10.0. The minimum Gasteiger partial charge on any atom is -0.466 e. The fourth-order valence-electron chi connectivity index (χ4n) is 11.8. The van der Waals surface area contributed by atoms with Crippen molar-refractivity contribution in [3.05, 3.63) is 12.2 Å². The zero-order chi connectivity index (χ0) is 57.1. The Morgan fingerprint density at radius 3 is 0.861 bits per heavy atom. The number of esters is 1.